The van der Waals surface area contributed by atoms with Crippen molar-refractivity contribution >= 4 is 11.6 Å². The van der Waals surface area contributed by atoms with Crippen LogP contribution in [0.1, 0.15) is 17.0 Å². The number of anilines is 1. The van der Waals surface area contributed by atoms with Gasteiger partial charge in [-0.3, -0.25) is 4.79 Å². The van der Waals surface area contributed by atoms with Crippen molar-refractivity contribution in [2.24, 2.45) is 0 Å². The molecule has 2 aromatic rings. The number of benzene rings is 1. The van der Waals surface area contributed by atoms with Gasteiger partial charge in [-0.05, 0) is 26.0 Å². The van der Waals surface area contributed by atoms with Crippen LogP contribution in [0.2, 0.25) is 0 Å². The number of hydrogen-bond donors (Lipinski definition) is 1. The zero-order valence-corrected chi connectivity index (χ0v) is 10.2. The zero-order chi connectivity index (χ0) is 13.1. The highest BCUT2D eigenvalue weighted by Crippen LogP contribution is 2.17. The smallest absolute Gasteiger partial charge is 0.232 e. The van der Waals surface area contributed by atoms with Crippen molar-refractivity contribution in [1.82, 2.24) is 5.16 Å². The lowest BCUT2D eigenvalue weighted by molar-refractivity contribution is -0.115. The molecule has 0 saturated carbocycles. The van der Waals surface area contributed by atoms with Gasteiger partial charge in [-0.1, -0.05) is 11.2 Å². The predicted octanol–water partition coefficient (Wildman–Crippen LogP) is 2.61. The zero-order valence-electron chi connectivity index (χ0n) is 10.2. The summed E-state index contributed by atoms with van der Waals surface area (Å²) in [6, 6.07) is 6.25. The molecule has 4 nitrogen and oxygen atoms in total. The van der Waals surface area contributed by atoms with E-state index in [-0.39, 0.29) is 18.1 Å². The first-order valence-electron chi connectivity index (χ1n) is 5.53. The van der Waals surface area contributed by atoms with Gasteiger partial charge < -0.3 is 9.84 Å². The maximum Gasteiger partial charge on any atom is 0.232 e. The highest BCUT2D eigenvalue weighted by atomic mass is 19.1. The summed E-state index contributed by atoms with van der Waals surface area (Å²) in [4.78, 5) is 11.7. The van der Waals surface area contributed by atoms with Crippen LogP contribution < -0.4 is 5.32 Å². The number of nitrogens with zero attached hydrogens (tertiary/aromatic N) is 1. The lowest BCUT2D eigenvalue weighted by Crippen LogP contribution is -2.15. The summed E-state index contributed by atoms with van der Waals surface area (Å²) < 4.78 is 18.2. The van der Waals surface area contributed by atoms with Crippen molar-refractivity contribution in [2.45, 2.75) is 20.3 Å². The molecule has 1 N–H and O–H groups in total. The Morgan fingerprint density at radius 2 is 2.22 bits per heavy atom. The first kappa shape index (κ1) is 12.3. The normalized spacial score (nSPS) is 10.4. The maximum absolute atomic E-state index is 13.3. The molecule has 0 radical (unpaired) electrons. The summed E-state index contributed by atoms with van der Waals surface area (Å²) in [5.74, 6) is -0.123. The van der Waals surface area contributed by atoms with E-state index in [2.05, 4.69) is 10.5 Å². The van der Waals surface area contributed by atoms with E-state index in [1.807, 2.05) is 0 Å². The number of nitrogens with one attached hydrogen (secondary N) is 1. The first-order chi connectivity index (χ1) is 8.56. The van der Waals surface area contributed by atoms with E-state index < -0.39 is 0 Å². The molecule has 0 unspecified atom stereocenters. The SMILES string of the molecule is Cc1cc(CC(=O)Nc2cccc(F)c2C)on1. The van der Waals surface area contributed by atoms with Gasteiger partial charge in [0.05, 0.1) is 12.1 Å². The summed E-state index contributed by atoms with van der Waals surface area (Å²) in [7, 11) is 0. The number of aromatic nitrogens is 1. The van der Waals surface area contributed by atoms with Crippen LogP contribution in [0.25, 0.3) is 0 Å². The van der Waals surface area contributed by atoms with Gasteiger partial charge in [0.25, 0.3) is 0 Å². The molecule has 0 bridgehead atoms. The van der Waals surface area contributed by atoms with E-state index in [9.17, 15) is 9.18 Å². The Kier molecular flexibility index (Phi) is 3.41. The minimum Gasteiger partial charge on any atom is -0.361 e. The maximum atomic E-state index is 13.3. The lowest BCUT2D eigenvalue weighted by atomic mass is 10.2. The van der Waals surface area contributed by atoms with Crippen LogP contribution in [0, 0.1) is 19.7 Å². The minimum atomic E-state index is -0.344. The van der Waals surface area contributed by atoms with Crippen molar-refractivity contribution in [3.63, 3.8) is 0 Å². The minimum absolute atomic E-state index is 0.0802. The quantitative estimate of drug-likeness (QED) is 0.908. The van der Waals surface area contributed by atoms with Gasteiger partial charge >= 0.3 is 0 Å². The second-order valence-electron chi connectivity index (χ2n) is 4.07. The number of carbonyl (C=O) groups excluding carboxylic acids is 1. The van der Waals surface area contributed by atoms with E-state index in [1.165, 1.54) is 6.07 Å². The van der Waals surface area contributed by atoms with E-state index in [1.54, 1.807) is 32.0 Å². The van der Waals surface area contributed by atoms with Gasteiger partial charge in [0.2, 0.25) is 5.91 Å². The van der Waals surface area contributed by atoms with E-state index in [4.69, 9.17) is 4.52 Å². The van der Waals surface area contributed by atoms with Crippen molar-refractivity contribution in [1.29, 1.82) is 0 Å². The molecule has 0 saturated heterocycles. The third kappa shape index (κ3) is 2.74. The second-order valence-corrected chi connectivity index (χ2v) is 4.07. The molecule has 0 atom stereocenters. The average molecular weight is 248 g/mol. The molecular formula is C13H13FN2O2. The van der Waals surface area contributed by atoms with Crippen molar-refractivity contribution in [3.05, 3.63) is 47.1 Å². The Labute approximate surface area is 104 Å². The molecule has 1 aromatic carbocycles. The van der Waals surface area contributed by atoms with Crippen LogP contribution in [0.15, 0.2) is 28.8 Å². The Morgan fingerprint density at radius 1 is 1.44 bits per heavy atom. The van der Waals surface area contributed by atoms with Gasteiger partial charge in [0.15, 0.2) is 0 Å². The third-order valence-electron chi connectivity index (χ3n) is 2.55. The Hall–Kier alpha value is -2.17. The van der Waals surface area contributed by atoms with E-state index >= 15 is 0 Å². The van der Waals surface area contributed by atoms with Crippen LogP contribution >= 0.6 is 0 Å². The third-order valence-corrected chi connectivity index (χ3v) is 2.55. The van der Waals surface area contributed by atoms with Gasteiger partial charge in [-0.2, -0.15) is 0 Å². The molecule has 2 rings (SSSR count). The van der Waals surface area contributed by atoms with Crippen LogP contribution in [-0.4, -0.2) is 11.1 Å². The van der Waals surface area contributed by atoms with Crippen LogP contribution in [0.4, 0.5) is 10.1 Å². The number of carbonyl (C=O) groups is 1. The van der Waals surface area contributed by atoms with Gasteiger partial charge in [-0.25, -0.2) is 4.39 Å². The largest absolute Gasteiger partial charge is 0.361 e. The molecule has 1 aromatic heterocycles. The molecule has 0 aliphatic rings. The summed E-state index contributed by atoms with van der Waals surface area (Å²) in [5, 5.41) is 6.34. The number of amides is 1. The molecular weight excluding hydrogens is 235 g/mol. The molecule has 0 spiro atoms. The van der Waals surface area contributed by atoms with Crippen molar-refractivity contribution in [2.75, 3.05) is 5.32 Å². The van der Waals surface area contributed by atoms with Crippen LogP contribution in [-0.2, 0) is 11.2 Å². The standard InChI is InChI=1S/C13H13FN2O2/c1-8-6-10(18-16-8)7-13(17)15-12-5-3-4-11(14)9(12)2/h3-6H,7H2,1-2H3,(H,15,17). The van der Waals surface area contributed by atoms with Gasteiger partial charge in [0.1, 0.15) is 11.6 Å². The van der Waals surface area contributed by atoms with Crippen molar-refractivity contribution in [3.8, 4) is 0 Å². The average Bonchev–Trinajstić information content (AvgIpc) is 2.70. The second kappa shape index (κ2) is 5.00. The Balaban J connectivity index is 2.05. The molecule has 0 fully saturated rings. The predicted molar refractivity (Wildman–Crippen MR) is 64.7 cm³/mol. The molecule has 94 valence electrons. The molecule has 1 heterocycles. The summed E-state index contributed by atoms with van der Waals surface area (Å²) >= 11 is 0. The number of aryl methyl sites for hydroxylation is 1. The topological polar surface area (TPSA) is 55.1 Å². The van der Waals surface area contributed by atoms with E-state index in [0.717, 1.165) is 5.69 Å². The highest BCUT2D eigenvalue weighted by Gasteiger charge is 2.10. The first-order valence-corrected chi connectivity index (χ1v) is 5.53. The van der Waals surface area contributed by atoms with Crippen LogP contribution in [0.5, 0.6) is 0 Å². The number of rotatable bonds is 3. The van der Waals surface area contributed by atoms with E-state index in [0.29, 0.717) is 17.0 Å². The summed E-state index contributed by atoms with van der Waals surface area (Å²) in [5.41, 5.74) is 1.61. The van der Waals surface area contributed by atoms with Gasteiger partial charge in [-0.15, -0.1) is 0 Å². The monoisotopic (exact) mass is 248 g/mol. The number of hydrogen-bond acceptors (Lipinski definition) is 3. The highest BCUT2D eigenvalue weighted by molar-refractivity contribution is 5.92. The molecule has 1 amide bonds. The van der Waals surface area contributed by atoms with Gasteiger partial charge in [0, 0.05) is 17.3 Å². The fourth-order valence-electron chi connectivity index (χ4n) is 1.60. The Bertz CT molecular complexity index is 578. The van der Waals surface area contributed by atoms with Crippen molar-refractivity contribution < 1.29 is 13.7 Å². The Morgan fingerprint density at radius 3 is 2.89 bits per heavy atom. The fourth-order valence-corrected chi connectivity index (χ4v) is 1.60. The van der Waals surface area contributed by atoms with Crippen LogP contribution in [0.3, 0.4) is 0 Å². The molecule has 0 aliphatic carbocycles. The molecule has 18 heavy (non-hydrogen) atoms. The number of halogens is 1. The summed E-state index contributed by atoms with van der Waals surface area (Å²) in [6.45, 7) is 3.39. The lowest BCUT2D eigenvalue weighted by Gasteiger charge is -2.07. The fraction of sp³-hybridized carbons (Fsp3) is 0.231. The molecule has 0 aliphatic heterocycles. The molecule has 5 heteroatoms. The summed E-state index contributed by atoms with van der Waals surface area (Å²) in [6.07, 6.45) is 0.0802.